The van der Waals surface area contributed by atoms with Crippen molar-refractivity contribution in [2.24, 2.45) is 0 Å². The molecule has 4 unspecified atom stereocenters. The summed E-state index contributed by atoms with van der Waals surface area (Å²) in [6.07, 6.45) is -2.04. The summed E-state index contributed by atoms with van der Waals surface area (Å²) < 4.78 is 21.2. The first kappa shape index (κ1) is 17.5. The quantitative estimate of drug-likeness (QED) is 0.746. The predicted octanol–water partition coefficient (Wildman–Crippen LogP) is 0.344. The molecule has 1 aromatic rings. The van der Waals surface area contributed by atoms with Gasteiger partial charge in [0, 0.05) is 32.7 Å². The summed E-state index contributed by atoms with van der Waals surface area (Å²) in [5, 5.41) is 20.4. The molecule has 8 heteroatoms. The first-order valence-electron chi connectivity index (χ1n) is 8.68. The Bertz CT molecular complexity index is 705. The van der Waals surface area contributed by atoms with Crippen LogP contribution < -0.4 is 9.47 Å². The molecule has 0 spiro atoms. The summed E-state index contributed by atoms with van der Waals surface area (Å²) in [5.74, 6) is 0.928. The molecule has 8 nitrogen and oxygen atoms in total. The van der Waals surface area contributed by atoms with Gasteiger partial charge in [0.25, 0.3) is 5.91 Å². The molecule has 1 amide bonds. The normalized spacial score (nSPS) is 29.5. The highest BCUT2D eigenvalue weighted by Gasteiger charge is 2.46. The van der Waals surface area contributed by atoms with Gasteiger partial charge >= 0.3 is 0 Å². The largest absolute Gasteiger partial charge is 0.454 e. The number of nitrogens with zero attached hydrogens (tertiary/aromatic N) is 1. The molecule has 2 N–H and O–H groups in total. The molecule has 0 aromatic heterocycles. The van der Waals surface area contributed by atoms with E-state index in [0.29, 0.717) is 30.9 Å². The van der Waals surface area contributed by atoms with Crippen LogP contribution in [0.1, 0.15) is 29.9 Å². The monoisotopic (exact) mass is 365 g/mol. The smallest absolute Gasteiger partial charge is 0.280 e. The molecule has 0 bridgehead atoms. The van der Waals surface area contributed by atoms with Crippen LogP contribution in [-0.2, 0) is 20.8 Å². The lowest BCUT2D eigenvalue weighted by Gasteiger charge is -2.48. The molecule has 3 aliphatic rings. The fraction of sp³-hybridized carbons (Fsp3) is 0.611. The van der Waals surface area contributed by atoms with Crippen LogP contribution in [0.2, 0.25) is 0 Å². The van der Waals surface area contributed by atoms with E-state index >= 15 is 0 Å². The van der Waals surface area contributed by atoms with Gasteiger partial charge in [0.05, 0.1) is 12.2 Å². The van der Waals surface area contributed by atoms with Gasteiger partial charge in [-0.3, -0.25) is 4.79 Å². The standard InChI is InChI=1S/C18H23NO7/c1-23-18(24-2)17(22)19-7-9-3-15-16(26-8-25-15)5-10(9)11-4-13(20)14(21)6-12(11)19/h3,5,11-14,18,20-21H,4,6-8H2,1-2H3. The van der Waals surface area contributed by atoms with Crippen molar-refractivity contribution in [1.29, 1.82) is 0 Å². The molecule has 2 aliphatic heterocycles. The van der Waals surface area contributed by atoms with Crippen LogP contribution in [0.15, 0.2) is 12.1 Å². The van der Waals surface area contributed by atoms with Gasteiger partial charge in [0.1, 0.15) is 0 Å². The SMILES string of the molecule is COC(OC)C(=O)N1Cc2cc3c(cc2C2CC(O)C(O)CC21)OCO3. The van der Waals surface area contributed by atoms with Gasteiger partial charge in [-0.25, -0.2) is 0 Å². The fourth-order valence-corrected chi connectivity index (χ4v) is 4.28. The van der Waals surface area contributed by atoms with E-state index in [1.165, 1.54) is 14.2 Å². The van der Waals surface area contributed by atoms with Gasteiger partial charge < -0.3 is 34.1 Å². The molecule has 0 radical (unpaired) electrons. The number of hydrogen-bond acceptors (Lipinski definition) is 7. The minimum atomic E-state index is -1.00. The van der Waals surface area contributed by atoms with Crippen LogP contribution in [0.5, 0.6) is 11.5 Å². The molecule has 2 heterocycles. The van der Waals surface area contributed by atoms with Crippen molar-refractivity contribution in [3.05, 3.63) is 23.3 Å². The molecule has 1 saturated carbocycles. The molecule has 26 heavy (non-hydrogen) atoms. The summed E-state index contributed by atoms with van der Waals surface area (Å²) in [6, 6.07) is 3.58. The van der Waals surface area contributed by atoms with Crippen molar-refractivity contribution in [2.75, 3.05) is 21.0 Å². The van der Waals surface area contributed by atoms with Crippen LogP contribution in [0.3, 0.4) is 0 Å². The highest BCUT2D eigenvalue weighted by atomic mass is 16.7. The lowest BCUT2D eigenvalue weighted by Crippen LogP contribution is -2.56. The second-order valence-corrected chi connectivity index (χ2v) is 6.95. The van der Waals surface area contributed by atoms with Crippen molar-refractivity contribution in [3.8, 4) is 11.5 Å². The van der Waals surface area contributed by atoms with E-state index in [-0.39, 0.29) is 24.7 Å². The van der Waals surface area contributed by atoms with Crippen molar-refractivity contribution in [1.82, 2.24) is 4.90 Å². The molecule has 1 fully saturated rings. The number of ether oxygens (including phenoxy) is 4. The number of carbonyl (C=O) groups excluding carboxylic acids is 1. The highest BCUT2D eigenvalue weighted by Crippen LogP contribution is 2.46. The molecule has 142 valence electrons. The van der Waals surface area contributed by atoms with E-state index in [1.807, 2.05) is 12.1 Å². The minimum absolute atomic E-state index is 0.107. The third kappa shape index (κ3) is 2.73. The number of benzene rings is 1. The highest BCUT2D eigenvalue weighted by molar-refractivity contribution is 5.80. The van der Waals surface area contributed by atoms with E-state index in [4.69, 9.17) is 18.9 Å². The molecule has 0 saturated heterocycles. The van der Waals surface area contributed by atoms with Crippen molar-refractivity contribution in [3.63, 3.8) is 0 Å². The number of aliphatic hydroxyl groups excluding tert-OH is 2. The van der Waals surface area contributed by atoms with E-state index in [9.17, 15) is 15.0 Å². The Hall–Kier alpha value is -1.87. The lowest BCUT2D eigenvalue weighted by atomic mass is 9.72. The summed E-state index contributed by atoms with van der Waals surface area (Å²) in [4.78, 5) is 14.6. The Balaban J connectivity index is 1.74. The third-order valence-electron chi connectivity index (χ3n) is 5.57. The van der Waals surface area contributed by atoms with Gasteiger partial charge in [-0.2, -0.15) is 0 Å². The zero-order valence-corrected chi connectivity index (χ0v) is 14.8. The molecular formula is C18H23NO7. The number of carbonyl (C=O) groups is 1. The Morgan fingerprint density at radius 3 is 2.50 bits per heavy atom. The van der Waals surface area contributed by atoms with E-state index in [0.717, 1.165) is 11.1 Å². The summed E-state index contributed by atoms with van der Waals surface area (Å²) >= 11 is 0. The van der Waals surface area contributed by atoms with Crippen LogP contribution in [-0.4, -0.2) is 66.6 Å². The number of rotatable bonds is 3. The molecule has 4 atom stereocenters. The topological polar surface area (TPSA) is 97.7 Å². The van der Waals surface area contributed by atoms with Crippen molar-refractivity contribution >= 4 is 5.91 Å². The predicted molar refractivity (Wildman–Crippen MR) is 88.7 cm³/mol. The zero-order chi connectivity index (χ0) is 18.4. The second-order valence-electron chi connectivity index (χ2n) is 6.95. The summed E-state index contributed by atoms with van der Waals surface area (Å²) in [5.41, 5.74) is 1.97. The maximum absolute atomic E-state index is 12.9. The van der Waals surface area contributed by atoms with Crippen molar-refractivity contribution in [2.45, 2.75) is 49.8 Å². The van der Waals surface area contributed by atoms with Crippen molar-refractivity contribution < 1.29 is 34.0 Å². The van der Waals surface area contributed by atoms with E-state index < -0.39 is 18.5 Å². The number of aliphatic hydroxyl groups is 2. The van der Waals surface area contributed by atoms with E-state index in [1.54, 1.807) is 4.90 Å². The third-order valence-corrected chi connectivity index (χ3v) is 5.57. The molecule has 1 aliphatic carbocycles. The Labute approximate surface area is 151 Å². The Morgan fingerprint density at radius 1 is 1.15 bits per heavy atom. The molecule has 1 aromatic carbocycles. The fourth-order valence-electron chi connectivity index (χ4n) is 4.28. The van der Waals surface area contributed by atoms with Crippen LogP contribution in [0, 0.1) is 0 Å². The van der Waals surface area contributed by atoms with Crippen LogP contribution in [0.25, 0.3) is 0 Å². The maximum atomic E-state index is 12.9. The first-order chi connectivity index (χ1) is 12.5. The number of methoxy groups -OCH3 is 2. The summed E-state index contributed by atoms with van der Waals surface area (Å²) in [7, 11) is 2.83. The van der Waals surface area contributed by atoms with Crippen LogP contribution in [0.4, 0.5) is 0 Å². The van der Waals surface area contributed by atoms with Crippen LogP contribution >= 0.6 is 0 Å². The van der Waals surface area contributed by atoms with Gasteiger partial charge in [0.15, 0.2) is 11.5 Å². The Morgan fingerprint density at radius 2 is 1.81 bits per heavy atom. The van der Waals surface area contributed by atoms with Gasteiger partial charge in [-0.1, -0.05) is 0 Å². The molecular weight excluding hydrogens is 342 g/mol. The average molecular weight is 365 g/mol. The Kier molecular flexibility index (Phi) is 4.52. The number of fused-ring (bicyclic) bond motifs is 4. The maximum Gasteiger partial charge on any atom is 0.280 e. The van der Waals surface area contributed by atoms with Gasteiger partial charge in [0.2, 0.25) is 13.1 Å². The number of amides is 1. The van der Waals surface area contributed by atoms with Gasteiger partial charge in [-0.05, 0) is 36.1 Å². The first-order valence-corrected chi connectivity index (χ1v) is 8.68. The summed E-state index contributed by atoms with van der Waals surface area (Å²) in [6.45, 7) is 0.531. The number of hydrogen-bond donors (Lipinski definition) is 2. The molecule has 4 rings (SSSR count). The second kappa shape index (κ2) is 6.70. The van der Waals surface area contributed by atoms with E-state index in [2.05, 4.69) is 0 Å². The van der Waals surface area contributed by atoms with Gasteiger partial charge in [-0.15, -0.1) is 0 Å². The average Bonchev–Trinajstić information content (AvgIpc) is 3.09. The minimum Gasteiger partial charge on any atom is -0.454 e. The zero-order valence-electron chi connectivity index (χ0n) is 14.8. The lowest BCUT2D eigenvalue weighted by molar-refractivity contribution is -0.177.